The lowest BCUT2D eigenvalue weighted by atomic mass is 10.3. The van der Waals surface area contributed by atoms with Crippen molar-refractivity contribution in [2.75, 3.05) is 5.73 Å². The summed E-state index contributed by atoms with van der Waals surface area (Å²) in [6, 6.07) is 4.84. The summed E-state index contributed by atoms with van der Waals surface area (Å²) in [5.41, 5.74) is 8.01. The average Bonchev–Trinajstić information content (AvgIpc) is 2.67. The molecule has 2 N–H and O–H groups in total. The highest BCUT2D eigenvalue weighted by atomic mass is 79.9. The van der Waals surface area contributed by atoms with Crippen molar-refractivity contribution in [1.29, 1.82) is 0 Å². The fraction of sp³-hybridized carbons (Fsp3) is 0.154. The van der Waals surface area contributed by atoms with Gasteiger partial charge in [0.25, 0.3) is 0 Å². The molecule has 2 heterocycles. The molecule has 0 spiro atoms. The van der Waals surface area contributed by atoms with Crippen LogP contribution in [0.25, 0.3) is 11.0 Å². The number of benzene rings is 1. The molecule has 5 nitrogen and oxygen atoms in total. The van der Waals surface area contributed by atoms with Crippen LogP contribution in [-0.2, 0) is 6.54 Å². The normalized spacial score (nSPS) is 11.2. The number of halogens is 2. The maximum absolute atomic E-state index is 13.5. The van der Waals surface area contributed by atoms with Crippen LogP contribution in [0.15, 0.2) is 28.9 Å². The second kappa shape index (κ2) is 4.82. The van der Waals surface area contributed by atoms with E-state index in [0.29, 0.717) is 28.3 Å². The Bertz CT molecular complexity index is 799. The van der Waals surface area contributed by atoms with Gasteiger partial charge in [-0.05, 0) is 35.0 Å². The highest BCUT2D eigenvalue weighted by Gasteiger charge is 2.12. The molecule has 3 rings (SSSR count). The molecule has 0 bridgehead atoms. The standard InChI is InChI=1S/C13H11BrFN5/c1-7-17-3-2-8(18-7)6-20-12-4-9(14)10(15)5-11(12)19-13(20)16/h2-5H,6H2,1H3,(H2,16,19). The molecule has 2 aromatic heterocycles. The van der Waals surface area contributed by atoms with Gasteiger partial charge in [-0.2, -0.15) is 0 Å². The minimum Gasteiger partial charge on any atom is -0.369 e. The lowest BCUT2D eigenvalue weighted by Crippen LogP contribution is -2.07. The third-order valence-corrected chi connectivity index (χ3v) is 3.58. The van der Waals surface area contributed by atoms with Crippen LogP contribution >= 0.6 is 15.9 Å². The second-order valence-corrected chi connectivity index (χ2v) is 5.26. The fourth-order valence-corrected chi connectivity index (χ4v) is 2.39. The molecule has 0 saturated carbocycles. The summed E-state index contributed by atoms with van der Waals surface area (Å²) >= 11 is 3.17. The van der Waals surface area contributed by atoms with Crippen LogP contribution in [0.4, 0.5) is 10.3 Å². The fourth-order valence-electron chi connectivity index (χ4n) is 2.06. The van der Waals surface area contributed by atoms with Gasteiger partial charge in [0.05, 0.1) is 27.7 Å². The van der Waals surface area contributed by atoms with Gasteiger partial charge in [0.1, 0.15) is 11.6 Å². The van der Waals surface area contributed by atoms with Gasteiger partial charge >= 0.3 is 0 Å². The summed E-state index contributed by atoms with van der Waals surface area (Å²) in [5.74, 6) is 0.659. The SMILES string of the molecule is Cc1nccc(Cn2c(N)nc3cc(F)c(Br)cc32)n1. The predicted molar refractivity (Wildman–Crippen MR) is 77.7 cm³/mol. The van der Waals surface area contributed by atoms with Crippen molar-refractivity contribution in [2.24, 2.45) is 0 Å². The molecule has 20 heavy (non-hydrogen) atoms. The highest BCUT2D eigenvalue weighted by molar-refractivity contribution is 9.10. The van der Waals surface area contributed by atoms with Crippen LogP contribution in [0.1, 0.15) is 11.5 Å². The molecule has 102 valence electrons. The zero-order valence-corrected chi connectivity index (χ0v) is 12.2. The maximum atomic E-state index is 13.5. The molecule has 0 aliphatic heterocycles. The number of nitrogens with zero attached hydrogens (tertiary/aromatic N) is 4. The summed E-state index contributed by atoms with van der Waals surface area (Å²) in [6.45, 7) is 2.29. The molecule has 3 aromatic rings. The molecule has 0 atom stereocenters. The van der Waals surface area contributed by atoms with Gasteiger partial charge in [0.15, 0.2) is 0 Å². The molecular formula is C13H11BrFN5. The van der Waals surface area contributed by atoms with Crippen molar-refractivity contribution in [2.45, 2.75) is 13.5 Å². The van der Waals surface area contributed by atoms with Crippen LogP contribution in [0.3, 0.4) is 0 Å². The molecule has 0 aliphatic rings. The Labute approximate surface area is 122 Å². The summed E-state index contributed by atoms with van der Waals surface area (Å²) in [4.78, 5) is 12.6. The van der Waals surface area contributed by atoms with Gasteiger partial charge in [-0.25, -0.2) is 19.3 Å². The lowest BCUT2D eigenvalue weighted by molar-refractivity contribution is 0.622. The number of imidazole rings is 1. The Morgan fingerprint density at radius 1 is 1.35 bits per heavy atom. The molecule has 0 amide bonds. The van der Waals surface area contributed by atoms with Crippen molar-refractivity contribution in [3.63, 3.8) is 0 Å². The van der Waals surface area contributed by atoms with Crippen LogP contribution in [0.5, 0.6) is 0 Å². The van der Waals surface area contributed by atoms with E-state index in [9.17, 15) is 4.39 Å². The maximum Gasteiger partial charge on any atom is 0.201 e. The first kappa shape index (κ1) is 13.0. The molecule has 7 heteroatoms. The van der Waals surface area contributed by atoms with Gasteiger partial charge in [-0.15, -0.1) is 0 Å². The van der Waals surface area contributed by atoms with E-state index in [4.69, 9.17) is 5.73 Å². The van der Waals surface area contributed by atoms with Gasteiger partial charge in [-0.1, -0.05) is 0 Å². The number of aryl methyl sites for hydroxylation is 1. The second-order valence-electron chi connectivity index (χ2n) is 4.41. The van der Waals surface area contributed by atoms with Crippen molar-refractivity contribution in [1.82, 2.24) is 19.5 Å². The van der Waals surface area contributed by atoms with E-state index in [2.05, 4.69) is 30.9 Å². The molecule has 0 aliphatic carbocycles. The molecule has 0 fully saturated rings. The lowest BCUT2D eigenvalue weighted by Gasteiger charge is -2.06. The van der Waals surface area contributed by atoms with Gasteiger partial charge in [0.2, 0.25) is 5.95 Å². The monoisotopic (exact) mass is 335 g/mol. The van der Waals surface area contributed by atoms with Gasteiger partial charge < -0.3 is 10.3 Å². The van der Waals surface area contributed by atoms with Crippen molar-refractivity contribution < 1.29 is 4.39 Å². The van der Waals surface area contributed by atoms with E-state index in [0.717, 1.165) is 11.2 Å². The minimum atomic E-state index is -0.361. The third-order valence-electron chi connectivity index (χ3n) is 2.97. The average molecular weight is 336 g/mol. The van der Waals surface area contributed by atoms with Crippen LogP contribution < -0.4 is 5.73 Å². The molecule has 0 saturated heterocycles. The molecule has 0 radical (unpaired) electrons. The summed E-state index contributed by atoms with van der Waals surface area (Å²) < 4.78 is 15.7. The number of hydrogen-bond acceptors (Lipinski definition) is 4. The number of aromatic nitrogens is 4. The van der Waals surface area contributed by atoms with Crippen molar-refractivity contribution >= 4 is 32.9 Å². The van der Waals surface area contributed by atoms with E-state index in [-0.39, 0.29) is 5.82 Å². The number of nitrogen functional groups attached to an aromatic ring is 1. The van der Waals surface area contributed by atoms with Gasteiger partial charge in [-0.3, -0.25) is 0 Å². The van der Waals surface area contributed by atoms with E-state index in [1.165, 1.54) is 6.07 Å². The number of hydrogen-bond donors (Lipinski definition) is 1. The Balaban J connectivity index is 2.11. The largest absolute Gasteiger partial charge is 0.369 e. The Hall–Kier alpha value is -2.02. The summed E-state index contributed by atoms with van der Waals surface area (Å²) in [7, 11) is 0. The van der Waals surface area contributed by atoms with Crippen LogP contribution in [-0.4, -0.2) is 19.5 Å². The Morgan fingerprint density at radius 2 is 2.15 bits per heavy atom. The first-order valence-corrected chi connectivity index (χ1v) is 6.73. The predicted octanol–water partition coefficient (Wildman–Crippen LogP) is 2.67. The van der Waals surface area contributed by atoms with E-state index < -0.39 is 0 Å². The third kappa shape index (κ3) is 2.24. The molecule has 0 unspecified atom stereocenters. The Morgan fingerprint density at radius 3 is 2.90 bits per heavy atom. The Kier molecular flexibility index (Phi) is 3.13. The topological polar surface area (TPSA) is 69.6 Å². The number of anilines is 1. The minimum absolute atomic E-state index is 0.328. The van der Waals surface area contributed by atoms with E-state index in [1.807, 2.05) is 13.0 Å². The van der Waals surface area contributed by atoms with E-state index in [1.54, 1.807) is 16.8 Å². The summed E-state index contributed by atoms with van der Waals surface area (Å²) in [6.07, 6.45) is 1.70. The smallest absolute Gasteiger partial charge is 0.201 e. The quantitative estimate of drug-likeness (QED) is 0.781. The van der Waals surface area contributed by atoms with Crippen molar-refractivity contribution in [3.8, 4) is 0 Å². The summed E-state index contributed by atoms with van der Waals surface area (Å²) in [5, 5.41) is 0. The number of nitrogens with two attached hydrogens (primary N) is 1. The van der Waals surface area contributed by atoms with Crippen LogP contribution in [0, 0.1) is 12.7 Å². The highest BCUT2D eigenvalue weighted by Crippen LogP contribution is 2.25. The van der Waals surface area contributed by atoms with E-state index >= 15 is 0 Å². The van der Waals surface area contributed by atoms with Crippen LogP contribution in [0.2, 0.25) is 0 Å². The number of rotatable bonds is 2. The zero-order valence-electron chi connectivity index (χ0n) is 10.6. The van der Waals surface area contributed by atoms with Crippen molar-refractivity contribution in [3.05, 3.63) is 46.2 Å². The van der Waals surface area contributed by atoms with Gasteiger partial charge in [0, 0.05) is 12.3 Å². The first-order chi connectivity index (χ1) is 9.54. The molecule has 1 aromatic carbocycles. The molecular weight excluding hydrogens is 325 g/mol. The number of fused-ring (bicyclic) bond motifs is 1. The first-order valence-electron chi connectivity index (χ1n) is 5.94. The zero-order chi connectivity index (χ0) is 14.3.